The Kier molecular flexibility index (Phi) is 5.94. The van der Waals surface area contributed by atoms with E-state index >= 15 is 0 Å². The lowest BCUT2D eigenvalue weighted by atomic mass is 10.3. The maximum atomic E-state index is 11.9. The third-order valence-electron chi connectivity index (χ3n) is 2.81. The minimum atomic E-state index is -4.15. The molecule has 12 nitrogen and oxygen atoms in total. The van der Waals surface area contributed by atoms with E-state index in [4.69, 9.17) is 4.74 Å². The molecule has 0 unspecified atom stereocenters. The van der Waals surface area contributed by atoms with Crippen molar-refractivity contribution in [1.82, 2.24) is 34.4 Å². The molecular weight excluding hydrogens is 364 g/mol. The lowest BCUT2D eigenvalue weighted by molar-refractivity contribution is 0.256. The fourth-order valence-corrected chi connectivity index (χ4v) is 2.61. The Morgan fingerprint density at radius 2 is 1.73 bits per heavy atom. The van der Waals surface area contributed by atoms with Crippen molar-refractivity contribution in [3.63, 3.8) is 0 Å². The van der Waals surface area contributed by atoms with Crippen molar-refractivity contribution in [1.29, 1.82) is 0 Å². The van der Waals surface area contributed by atoms with E-state index in [1.165, 1.54) is 7.11 Å². The average molecular weight is 382 g/mol. The zero-order valence-electron chi connectivity index (χ0n) is 14.6. The highest BCUT2D eigenvalue weighted by atomic mass is 32.2. The van der Waals surface area contributed by atoms with Crippen LogP contribution in [0.2, 0.25) is 0 Å². The standard InChI is InChI=1S/C13H18N8O4S/c1-7-5-8(2)16-10(15-7)6-14-26(23,24)21-12(22)19-11-17-9(3)18-13(20-11)25-4/h5,14H,6H2,1-4H3,(H2,17,18,19,20,21,22). The molecule has 0 aliphatic rings. The average Bonchev–Trinajstić information content (AvgIpc) is 2.51. The molecular formula is C13H18N8O4S. The Morgan fingerprint density at radius 1 is 1.08 bits per heavy atom. The number of urea groups is 1. The molecule has 2 heterocycles. The molecule has 2 rings (SSSR count). The van der Waals surface area contributed by atoms with Gasteiger partial charge in [0.2, 0.25) is 5.95 Å². The number of carbonyl (C=O) groups excluding carboxylic acids is 1. The molecule has 0 aromatic carbocycles. The van der Waals surface area contributed by atoms with Crippen LogP contribution in [0.5, 0.6) is 6.01 Å². The van der Waals surface area contributed by atoms with Gasteiger partial charge in [-0.1, -0.05) is 0 Å². The van der Waals surface area contributed by atoms with Crippen LogP contribution >= 0.6 is 0 Å². The number of nitrogens with zero attached hydrogens (tertiary/aromatic N) is 5. The van der Waals surface area contributed by atoms with Gasteiger partial charge in [-0.25, -0.2) is 19.5 Å². The van der Waals surface area contributed by atoms with E-state index in [2.05, 4.69) is 35.0 Å². The Bertz CT molecular complexity index is 898. The summed E-state index contributed by atoms with van der Waals surface area (Å²) in [6.45, 7) is 4.92. The maximum Gasteiger partial charge on any atom is 0.336 e. The Hall–Kier alpha value is -2.93. The molecule has 0 atom stereocenters. The van der Waals surface area contributed by atoms with Gasteiger partial charge in [-0.15, -0.1) is 0 Å². The van der Waals surface area contributed by atoms with Gasteiger partial charge in [0.25, 0.3) is 0 Å². The van der Waals surface area contributed by atoms with E-state index in [0.717, 1.165) is 0 Å². The molecule has 0 radical (unpaired) electrons. The lowest BCUT2D eigenvalue weighted by Gasteiger charge is -2.09. The number of hydrogen-bond acceptors (Lipinski definition) is 9. The van der Waals surface area contributed by atoms with Crippen molar-refractivity contribution < 1.29 is 17.9 Å². The van der Waals surface area contributed by atoms with Gasteiger partial charge in [0, 0.05) is 11.4 Å². The lowest BCUT2D eigenvalue weighted by Crippen LogP contribution is -2.42. The molecule has 26 heavy (non-hydrogen) atoms. The van der Waals surface area contributed by atoms with Crippen LogP contribution in [0.4, 0.5) is 10.7 Å². The Balaban J connectivity index is 1.97. The first kappa shape index (κ1) is 19.4. The third kappa shape index (κ3) is 5.86. The molecule has 0 fully saturated rings. The summed E-state index contributed by atoms with van der Waals surface area (Å²) in [4.78, 5) is 31.5. The Labute approximate surface area is 150 Å². The van der Waals surface area contributed by atoms with E-state index in [0.29, 0.717) is 17.2 Å². The largest absolute Gasteiger partial charge is 0.467 e. The summed E-state index contributed by atoms with van der Waals surface area (Å²) in [6, 6.07) is 0.696. The van der Waals surface area contributed by atoms with Crippen LogP contribution in [-0.2, 0) is 16.8 Å². The van der Waals surface area contributed by atoms with Gasteiger partial charge in [-0.05, 0) is 26.8 Å². The molecule has 13 heteroatoms. The minimum absolute atomic E-state index is 0.0132. The summed E-state index contributed by atoms with van der Waals surface area (Å²) in [5, 5.41) is 2.19. The highest BCUT2D eigenvalue weighted by molar-refractivity contribution is 7.88. The number of ether oxygens (including phenoxy) is 1. The molecule has 0 saturated heterocycles. The molecule has 0 aliphatic carbocycles. The molecule has 2 aromatic heterocycles. The van der Waals surface area contributed by atoms with Crippen LogP contribution in [0, 0.1) is 20.8 Å². The number of nitrogens with one attached hydrogen (secondary N) is 3. The topological polar surface area (TPSA) is 161 Å². The third-order valence-corrected chi connectivity index (χ3v) is 3.79. The second kappa shape index (κ2) is 7.97. The first-order valence-corrected chi connectivity index (χ1v) is 8.81. The molecule has 140 valence electrons. The van der Waals surface area contributed by atoms with Crippen molar-refractivity contribution in [2.75, 3.05) is 12.4 Å². The predicted molar refractivity (Wildman–Crippen MR) is 90.5 cm³/mol. The number of hydrogen-bond donors (Lipinski definition) is 3. The van der Waals surface area contributed by atoms with Crippen LogP contribution < -0.4 is 19.5 Å². The fourth-order valence-electron chi connectivity index (χ4n) is 1.93. The second-order valence-electron chi connectivity index (χ2n) is 5.14. The summed E-state index contributed by atoms with van der Waals surface area (Å²) in [5.74, 6) is 0.422. The van der Waals surface area contributed by atoms with Crippen molar-refractivity contribution in [3.05, 3.63) is 29.1 Å². The summed E-state index contributed by atoms with van der Waals surface area (Å²) in [7, 11) is -2.80. The van der Waals surface area contributed by atoms with E-state index in [-0.39, 0.29) is 24.3 Å². The summed E-state index contributed by atoms with van der Waals surface area (Å²) >= 11 is 0. The van der Waals surface area contributed by atoms with E-state index in [9.17, 15) is 13.2 Å². The molecule has 0 saturated carbocycles. The monoisotopic (exact) mass is 382 g/mol. The van der Waals surface area contributed by atoms with Gasteiger partial charge in [0.1, 0.15) is 11.6 Å². The predicted octanol–water partition coefficient (Wildman–Crippen LogP) is -0.248. The number of methoxy groups -OCH3 is 1. The summed E-state index contributed by atoms with van der Waals surface area (Å²) in [5.41, 5.74) is 1.41. The summed E-state index contributed by atoms with van der Waals surface area (Å²) in [6.07, 6.45) is 0. The smallest absolute Gasteiger partial charge is 0.336 e. The number of carbonyl (C=O) groups is 1. The van der Waals surface area contributed by atoms with E-state index in [1.54, 1.807) is 31.6 Å². The highest BCUT2D eigenvalue weighted by Crippen LogP contribution is 2.06. The van der Waals surface area contributed by atoms with E-state index < -0.39 is 16.2 Å². The summed E-state index contributed by atoms with van der Waals surface area (Å²) < 4.78 is 32.7. The van der Waals surface area contributed by atoms with Crippen molar-refractivity contribution in [2.24, 2.45) is 0 Å². The number of amides is 2. The van der Waals surface area contributed by atoms with Crippen LogP contribution in [-0.4, -0.2) is 46.5 Å². The number of rotatable bonds is 6. The van der Waals surface area contributed by atoms with Crippen molar-refractivity contribution in [2.45, 2.75) is 27.3 Å². The quantitative estimate of drug-likeness (QED) is 0.612. The van der Waals surface area contributed by atoms with Crippen LogP contribution in [0.1, 0.15) is 23.0 Å². The first-order valence-electron chi connectivity index (χ1n) is 7.33. The fraction of sp³-hybridized carbons (Fsp3) is 0.385. The second-order valence-corrected chi connectivity index (χ2v) is 6.64. The van der Waals surface area contributed by atoms with Gasteiger partial charge in [-0.3, -0.25) is 5.32 Å². The van der Waals surface area contributed by atoms with Gasteiger partial charge in [0.15, 0.2) is 0 Å². The minimum Gasteiger partial charge on any atom is -0.467 e. The molecule has 0 aliphatic heterocycles. The van der Waals surface area contributed by atoms with Gasteiger partial charge in [-0.2, -0.15) is 28.1 Å². The first-order chi connectivity index (χ1) is 12.2. The molecule has 2 amide bonds. The Morgan fingerprint density at radius 3 is 2.35 bits per heavy atom. The molecule has 2 aromatic rings. The zero-order valence-corrected chi connectivity index (χ0v) is 15.4. The number of aryl methyl sites for hydroxylation is 3. The highest BCUT2D eigenvalue weighted by Gasteiger charge is 2.16. The SMILES string of the molecule is COc1nc(C)nc(NC(=O)NS(=O)(=O)NCc2nc(C)cc(C)n2)n1. The number of anilines is 1. The normalized spacial score (nSPS) is 11.1. The van der Waals surface area contributed by atoms with Crippen LogP contribution in [0.3, 0.4) is 0 Å². The molecule has 0 bridgehead atoms. The maximum absolute atomic E-state index is 11.9. The zero-order chi connectivity index (χ0) is 19.3. The van der Waals surface area contributed by atoms with Gasteiger partial charge < -0.3 is 4.74 Å². The van der Waals surface area contributed by atoms with Crippen LogP contribution in [0.15, 0.2) is 6.07 Å². The van der Waals surface area contributed by atoms with Crippen molar-refractivity contribution in [3.8, 4) is 6.01 Å². The number of aromatic nitrogens is 5. The van der Waals surface area contributed by atoms with Crippen LogP contribution in [0.25, 0.3) is 0 Å². The van der Waals surface area contributed by atoms with Gasteiger partial charge in [0.05, 0.1) is 13.7 Å². The van der Waals surface area contributed by atoms with Gasteiger partial charge >= 0.3 is 22.3 Å². The molecule has 0 spiro atoms. The van der Waals surface area contributed by atoms with Crippen molar-refractivity contribution >= 4 is 22.2 Å². The van der Waals surface area contributed by atoms with E-state index in [1.807, 2.05) is 0 Å². The molecule has 3 N–H and O–H groups in total.